The van der Waals surface area contributed by atoms with Crippen LogP contribution in [0.2, 0.25) is 0 Å². The Kier molecular flexibility index (Phi) is 24.5. The van der Waals surface area contributed by atoms with Crippen LogP contribution in [0.25, 0.3) is 0 Å². The number of ether oxygens (including phenoxy) is 4. The molecule has 13 heteroatoms. The predicted octanol–water partition coefficient (Wildman–Crippen LogP) is 3.99. The first-order valence-corrected chi connectivity index (χ1v) is 13.2. The molecule has 3 aliphatic heterocycles. The summed E-state index contributed by atoms with van der Waals surface area (Å²) in [5.41, 5.74) is -0.854. The van der Waals surface area contributed by atoms with Crippen LogP contribution in [-0.2, 0) is 18.9 Å². The molecule has 0 unspecified atom stereocenters. The van der Waals surface area contributed by atoms with Crippen LogP contribution < -0.4 is 5.32 Å². The number of nitrogens with one attached hydrogen (secondary N) is 1. The molecule has 220 valence electrons. The molecule has 3 rings (SSSR count). The fourth-order valence-corrected chi connectivity index (χ4v) is 2.42. The second kappa shape index (κ2) is 20.6. The summed E-state index contributed by atoms with van der Waals surface area (Å²) in [5, 5.41) is 12.0. The summed E-state index contributed by atoms with van der Waals surface area (Å²) in [7, 11) is 3.39. The molecule has 2 amide bonds. The van der Waals surface area contributed by atoms with Gasteiger partial charge in [-0.25, -0.2) is 9.59 Å². The molecular formula is C23H50Cl2IN3O7. The highest BCUT2D eigenvalue weighted by Gasteiger charge is 2.33. The number of nitrogens with zero attached hydrogens (tertiary/aromatic N) is 2. The Morgan fingerprint density at radius 2 is 1.11 bits per heavy atom. The smallest absolute Gasteiger partial charge is 0.410 e. The first-order valence-electron chi connectivity index (χ1n) is 11.0. The minimum absolute atomic E-state index is 0. The number of carbonyl (C=O) groups is 2. The Balaban J connectivity index is -0.000000207. The normalized spacial score (nSPS) is 17.0. The van der Waals surface area contributed by atoms with Crippen LogP contribution in [0.4, 0.5) is 9.59 Å². The summed E-state index contributed by atoms with van der Waals surface area (Å²) >= 11 is 2.15. The maximum atomic E-state index is 11.4. The van der Waals surface area contributed by atoms with E-state index in [-0.39, 0.29) is 56.6 Å². The minimum Gasteiger partial charge on any atom is -0.444 e. The zero-order valence-corrected chi connectivity index (χ0v) is 26.3. The lowest BCUT2D eigenvalue weighted by Gasteiger charge is -2.38. The zero-order chi connectivity index (χ0) is 25.8. The van der Waals surface area contributed by atoms with E-state index >= 15 is 0 Å². The maximum Gasteiger partial charge on any atom is 0.410 e. The van der Waals surface area contributed by atoms with E-state index in [1.165, 1.54) is 4.90 Å². The number of aliphatic hydroxyl groups excluding tert-OH is 1. The summed E-state index contributed by atoms with van der Waals surface area (Å²) in [6.45, 7) is 15.2. The van der Waals surface area contributed by atoms with Gasteiger partial charge in [0, 0.05) is 27.3 Å². The molecule has 0 aromatic heterocycles. The molecule has 0 aromatic rings. The van der Waals surface area contributed by atoms with Gasteiger partial charge < -0.3 is 39.2 Å². The maximum absolute atomic E-state index is 11.4. The van der Waals surface area contributed by atoms with Gasteiger partial charge in [-0.3, -0.25) is 0 Å². The van der Waals surface area contributed by atoms with Crippen molar-refractivity contribution in [3.63, 3.8) is 0 Å². The molecule has 0 bridgehead atoms. The van der Waals surface area contributed by atoms with E-state index in [1.54, 1.807) is 19.1 Å². The fourth-order valence-electron chi connectivity index (χ4n) is 2.42. The van der Waals surface area contributed by atoms with Crippen molar-refractivity contribution in [2.45, 2.75) is 78.5 Å². The number of alkyl halides is 1. The molecule has 2 N–H and O–H groups in total. The van der Waals surface area contributed by atoms with Gasteiger partial charge in [0.1, 0.15) is 11.2 Å². The highest BCUT2D eigenvalue weighted by atomic mass is 127. The Morgan fingerprint density at radius 3 is 1.31 bits per heavy atom. The lowest BCUT2D eigenvalue weighted by atomic mass is 10.2. The van der Waals surface area contributed by atoms with Gasteiger partial charge >= 0.3 is 12.2 Å². The quantitative estimate of drug-likeness (QED) is 0.334. The summed E-state index contributed by atoms with van der Waals surface area (Å²) < 4.78 is 20.2. The molecule has 0 saturated carbocycles. The number of rotatable bonds is 2. The van der Waals surface area contributed by atoms with Crippen molar-refractivity contribution in [3.8, 4) is 0 Å². The third-order valence-electron chi connectivity index (χ3n) is 4.42. The number of halogens is 3. The number of hydrogen-bond donors (Lipinski definition) is 2. The highest BCUT2D eigenvalue weighted by Crippen LogP contribution is 2.16. The van der Waals surface area contributed by atoms with Gasteiger partial charge in [0.2, 0.25) is 0 Å². The molecule has 0 radical (unpaired) electrons. The van der Waals surface area contributed by atoms with Crippen molar-refractivity contribution in [2.75, 3.05) is 58.4 Å². The highest BCUT2D eigenvalue weighted by molar-refractivity contribution is 14.1. The van der Waals surface area contributed by atoms with Crippen LogP contribution in [0.1, 0.15) is 49.0 Å². The lowest BCUT2D eigenvalue weighted by Crippen LogP contribution is -2.55. The minimum atomic E-state index is -0.447. The van der Waals surface area contributed by atoms with E-state index in [9.17, 15) is 9.59 Å². The molecular weight excluding hydrogens is 628 g/mol. The van der Waals surface area contributed by atoms with Gasteiger partial charge in [-0.15, -0.1) is 24.8 Å². The first-order chi connectivity index (χ1) is 15.2. The van der Waals surface area contributed by atoms with Crippen molar-refractivity contribution in [3.05, 3.63) is 0 Å². The lowest BCUT2D eigenvalue weighted by molar-refractivity contribution is -0.0465. The number of amides is 2. The topological polar surface area (TPSA) is 110 Å². The third-order valence-corrected chi connectivity index (χ3v) is 4.42. The first kappa shape index (κ1) is 42.8. The molecule has 3 saturated heterocycles. The van der Waals surface area contributed by atoms with E-state index in [0.717, 1.165) is 13.1 Å². The number of carbonyl (C=O) groups excluding carboxylic acids is 2. The summed E-state index contributed by atoms with van der Waals surface area (Å²) in [6.07, 6.45) is -0.261. The van der Waals surface area contributed by atoms with E-state index < -0.39 is 11.2 Å². The van der Waals surface area contributed by atoms with Crippen LogP contribution >= 0.6 is 47.4 Å². The van der Waals surface area contributed by atoms with Gasteiger partial charge in [0.25, 0.3) is 0 Å². The van der Waals surface area contributed by atoms with Crippen molar-refractivity contribution in [2.24, 2.45) is 0 Å². The van der Waals surface area contributed by atoms with Crippen molar-refractivity contribution < 1.29 is 33.6 Å². The number of likely N-dealkylation sites (tertiary alicyclic amines) is 2. The number of methoxy groups -OCH3 is 2. The van der Waals surface area contributed by atoms with Gasteiger partial charge in [-0.2, -0.15) is 0 Å². The van der Waals surface area contributed by atoms with Gasteiger partial charge in [-0.05, 0) is 46.5 Å². The molecule has 0 aromatic carbocycles. The van der Waals surface area contributed by atoms with Crippen LogP contribution in [0.15, 0.2) is 0 Å². The van der Waals surface area contributed by atoms with Crippen LogP contribution in [0, 0.1) is 0 Å². The fraction of sp³-hybridized carbons (Fsp3) is 0.913. The van der Waals surface area contributed by atoms with Crippen molar-refractivity contribution in [1.29, 1.82) is 0 Å². The third kappa shape index (κ3) is 18.9. The Hall–Kier alpha value is -0.310. The molecule has 3 heterocycles. The second-order valence-corrected chi connectivity index (χ2v) is 9.80. The number of β-amino-alcohol motifs (C(OH)–C–C–N with tert-alkyl or cyclic N) is 1. The Bertz CT molecular complexity index is 574. The average Bonchev–Trinajstić information content (AvgIpc) is 2.57. The van der Waals surface area contributed by atoms with E-state index in [2.05, 4.69) is 27.9 Å². The molecule has 0 aliphatic carbocycles. The van der Waals surface area contributed by atoms with E-state index in [0.29, 0.717) is 32.3 Å². The summed E-state index contributed by atoms with van der Waals surface area (Å²) in [6, 6.07) is 0. The average molecular weight is 678 g/mol. The van der Waals surface area contributed by atoms with Crippen LogP contribution in [0.3, 0.4) is 0 Å². The monoisotopic (exact) mass is 677 g/mol. The molecule has 10 nitrogen and oxygen atoms in total. The summed E-state index contributed by atoms with van der Waals surface area (Å²) in [5.74, 6) is 0. The zero-order valence-electron chi connectivity index (χ0n) is 22.5. The summed E-state index contributed by atoms with van der Waals surface area (Å²) in [4.78, 5) is 27.6. The van der Waals surface area contributed by atoms with E-state index in [4.69, 9.17) is 24.1 Å². The molecule has 3 fully saturated rings. The molecule has 0 spiro atoms. The van der Waals surface area contributed by atoms with Gasteiger partial charge in [0.05, 0.1) is 44.5 Å². The van der Waals surface area contributed by atoms with Gasteiger partial charge in [-0.1, -0.05) is 30.0 Å². The SMILES string of the molecule is C.CC(C)(C)OC(=O)N1CC(O)C1.CI.COC1CN(C(=O)OC(C)(C)C)C1.COC1CNC1.Cl.Cl. The molecule has 0 atom stereocenters. The number of aliphatic hydroxyl groups is 1. The molecule has 3 aliphatic rings. The van der Waals surface area contributed by atoms with Crippen LogP contribution in [0.5, 0.6) is 0 Å². The van der Waals surface area contributed by atoms with E-state index in [1.807, 2.05) is 46.5 Å². The Labute approximate surface area is 244 Å². The standard InChI is InChI=1S/C9H17NO3.C8H15NO3.C4H9NO.CH3I.CH4.2ClH/c1-9(2,3)13-8(11)10-5-7(6-10)12-4;1-8(2,3)12-7(11)9-4-6(10)5-9;1-6-4-2-5-3-4;1-2;;;/h7H,5-6H2,1-4H3;6,10H,4-5H2,1-3H3;4-5H,2-3H2,1H3;1H3;1H4;2*1H. The van der Waals surface area contributed by atoms with Gasteiger partial charge in [0.15, 0.2) is 0 Å². The second-order valence-electron chi connectivity index (χ2n) is 9.80. The van der Waals surface area contributed by atoms with Crippen molar-refractivity contribution >= 4 is 59.6 Å². The number of hydrogen-bond acceptors (Lipinski definition) is 8. The predicted molar refractivity (Wildman–Crippen MR) is 157 cm³/mol. The Morgan fingerprint density at radius 1 is 0.778 bits per heavy atom. The van der Waals surface area contributed by atoms with Crippen LogP contribution in [-0.4, -0.2) is 115 Å². The largest absolute Gasteiger partial charge is 0.444 e. The molecule has 36 heavy (non-hydrogen) atoms. The van der Waals surface area contributed by atoms with Crippen molar-refractivity contribution in [1.82, 2.24) is 15.1 Å².